The lowest BCUT2D eigenvalue weighted by atomic mass is 10.1. The third-order valence-electron chi connectivity index (χ3n) is 3.11. The molecule has 0 radical (unpaired) electrons. The second-order valence-electron chi connectivity index (χ2n) is 4.99. The summed E-state index contributed by atoms with van der Waals surface area (Å²) in [6.45, 7) is 5.56. The Hall–Kier alpha value is -1.32. The van der Waals surface area contributed by atoms with E-state index in [1.54, 1.807) is 0 Å². The summed E-state index contributed by atoms with van der Waals surface area (Å²) in [6.07, 6.45) is 0.529. The Morgan fingerprint density at radius 3 is 2.85 bits per heavy atom. The molecule has 20 heavy (non-hydrogen) atoms. The van der Waals surface area contributed by atoms with Crippen LogP contribution in [0.25, 0.3) is 0 Å². The lowest BCUT2D eigenvalue weighted by Crippen LogP contribution is -2.15. The molecule has 110 valence electrons. The smallest absolute Gasteiger partial charge is 0.382 e. The van der Waals surface area contributed by atoms with Gasteiger partial charge < -0.3 is 9.26 Å². The van der Waals surface area contributed by atoms with Crippen LogP contribution in [-0.2, 0) is 31.6 Å². The minimum Gasteiger partial charge on any atom is -0.466 e. The summed E-state index contributed by atoms with van der Waals surface area (Å²) in [5.74, 6) is 0.301. The Morgan fingerprint density at radius 1 is 1.45 bits per heavy atom. The zero-order chi connectivity index (χ0) is 14.8. The molecular weight excluding hydrogens is 279 g/mol. The van der Waals surface area contributed by atoms with E-state index in [1.807, 2.05) is 32.0 Å². The van der Waals surface area contributed by atoms with Gasteiger partial charge in [-0.3, -0.25) is 9.32 Å². The van der Waals surface area contributed by atoms with Crippen LogP contribution >= 0.6 is 7.60 Å². The fraction of sp³-hybridized carbons (Fsp3) is 0.500. The normalized spacial score (nSPS) is 21.2. The fourth-order valence-electron chi connectivity index (χ4n) is 1.94. The van der Waals surface area contributed by atoms with Crippen molar-refractivity contribution in [1.82, 2.24) is 0 Å². The van der Waals surface area contributed by atoms with E-state index in [1.165, 1.54) is 6.92 Å². The molecule has 0 bridgehead atoms. The zero-order valence-electron chi connectivity index (χ0n) is 11.9. The molecule has 0 saturated heterocycles. The number of para-hydroxylation sites is 1. The fourth-order valence-corrected chi connectivity index (χ4v) is 3.31. The summed E-state index contributed by atoms with van der Waals surface area (Å²) in [7, 11) is -3.10. The summed E-state index contributed by atoms with van der Waals surface area (Å²) in [6, 6.07) is 5.66. The highest BCUT2D eigenvalue weighted by atomic mass is 31.2. The molecule has 2 rings (SSSR count). The Bertz CT molecular complexity index is 552. The van der Waals surface area contributed by atoms with Crippen LogP contribution in [0.2, 0.25) is 0 Å². The first-order valence-corrected chi connectivity index (χ1v) is 8.21. The maximum absolute atomic E-state index is 12.5. The van der Waals surface area contributed by atoms with Crippen molar-refractivity contribution < 1.29 is 23.1 Å². The van der Waals surface area contributed by atoms with Crippen molar-refractivity contribution >= 4 is 13.6 Å². The van der Waals surface area contributed by atoms with Crippen LogP contribution in [0.5, 0.6) is 5.75 Å². The molecule has 0 fully saturated rings. The number of esters is 1. The number of hydrogen-bond acceptors (Lipinski definition) is 5. The maximum atomic E-state index is 12.5. The third-order valence-corrected chi connectivity index (χ3v) is 5.30. The van der Waals surface area contributed by atoms with E-state index in [9.17, 15) is 9.36 Å². The molecule has 5 nitrogen and oxygen atoms in total. The topological polar surface area (TPSA) is 61.8 Å². The molecule has 1 aromatic rings. The second kappa shape index (κ2) is 5.98. The largest absolute Gasteiger partial charge is 0.466 e. The monoisotopic (exact) mass is 298 g/mol. The van der Waals surface area contributed by atoms with Gasteiger partial charge in [0.15, 0.2) is 0 Å². The van der Waals surface area contributed by atoms with Crippen molar-refractivity contribution in [3.63, 3.8) is 0 Å². The summed E-state index contributed by atoms with van der Waals surface area (Å²) in [4.78, 5) is 10.8. The van der Waals surface area contributed by atoms with Crippen LogP contribution in [0.4, 0.5) is 0 Å². The SMILES string of the molecule is CC(=O)OCCc1cccc2c1OP(=O)(C(C)C)OC2. The lowest BCUT2D eigenvalue weighted by Gasteiger charge is -2.29. The van der Waals surface area contributed by atoms with Crippen molar-refractivity contribution in [3.05, 3.63) is 29.3 Å². The maximum Gasteiger partial charge on any atom is 0.382 e. The second-order valence-corrected chi connectivity index (χ2v) is 7.55. The van der Waals surface area contributed by atoms with Crippen LogP contribution in [0, 0.1) is 0 Å². The Kier molecular flexibility index (Phi) is 4.51. The average Bonchev–Trinajstić information content (AvgIpc) is 2.38. The van der Waals surface area contributed by atoms with Gasteiger partial charge in [0.2, 0.25) is 0 Å². The van der Waals surface area contributed by atoms with Crippen LogP contribution in [-0.4, -0.2) is 18.2 Å². The molecule has 6 heteroatoms. The molecule has 0 spiro atoms. The molecule has 0 aliphatic carbocycles. The number of carbonyl (C=O) groups excluding carboxylic acids is 1. The summed E-state index contributed by atoms with van der Waals surface area (Å²) < 4.78 is 28.5. The molecular formula is C14H19O5P. The average molecular weight is 298 g/mol. The summed E-state index contributed by atoms with van der Waals surface area (Å²) >= 11 is 0. The van der Waals surface area contributed by atoms with Crippen molar-refractivity contribution in [1.29, 1.82) is 0 Å². The molecule has 1 heterocycles. The molecule has 0 amide bonds. The molecule has 1 aromatic carbocycles. The first kappa shape index (κ1) is 15.1. The van der Waals surface area contributed by atoms with Crippen molar-refractivity contribution in [3.8, 4) is 5.75 Å². The van der Waals surface area contributed by atoms with Gasteiger partial charge in [-0.1, -0.05) is 32.0 Å². The standard InChI is InChI=1S/C14H19O5P/c1-10(2)20(16)18-9-13-6-4-5-12(14(13)19-20)7-8-17-11(3)15/h4-6,10H,7-9H2,1-3H3. The number of ether oxygens (including phenoxy) is 1. The molecule has 0 N–H and O–H groups in total. The van der Waals surface area contributed by atoms with Crippen LogP contribution in [0.15, 0.2) is 18.2 Å². The zero-order valence-corrected chi connectivity index (χ0v) is 12.8. The first-order valence-electron chi connectivity index (χ1n) is 6.60. The molecule has 0 aromatic heterocycles. The van der Waals surface area contributed by atoms with Crippen molar-refractivity contribution in [2.75, 3.05) is 6.61 Å². The van der Waals surface area contributed by atoms with E-state index in [0.29, 0.717) is 12.2 Å². The minimum absolute atomic E-state index is 0.197. The Morgan fingerprint density at radius 2 is 2.20 bits per heavy atom. The Labute approximate surface area is 118 Å². The van der Waals surface area contributed by atoms with Gasteiger partial charge in [0.25, 0.3) is 0 Å². The molecule has 1 aliphatic rings. The van der Waals surface area contributed by atoms with E-state index >= 15 is 0 Å². The highest BCUT2D eigenvalue weighted by Gasteiger charge is 2.36. The van der Waals surface area contributed by atoms with Crippen molar-refractivity contribution in [2.45, 2.75) is 39.5 Å². The van der Waals surface area contributed by atoms with Gasteiger partial charge in [0.05, 0.1) is 18.9 Å². The van der Waals surface area contributed by atoms with E-state index in [4.69, 9.17) is 13.8 Å². The predicted octanol–water partition coefficient (Wildman–Crippen LogP) is 3.30. The quantitative estimate of drug-likeness (QED) is 0.630. The highest BCUT2D eigenvalue weighted by molar-refractivity contribution is 7.55. The van der Waals surface area contributed by atoms with Crippen LogP contribution in [0.3, 0.4) is 0 Å². The van der Waals surface area contributed by atoms with E-state index in [-0.39, 0.29) is 24.8 Å². The molecule has 1 unspecified atom stereocenters. The molecule has 1 aliphatic heterocycles. The van der Waals surface area contributed by atoms with Gasteiger partial charge in [0.1, 0.15) is 5.75 Å². The number of rotatable bonds is 4. The van der Waals surface area contributed by atoms with E-state index in [2.05, 4.69) is 0 Å². The van der Waals surface area contributed by atoms with Gasteiger partial charge in [-0.05, 0) is 5.56 Å². The van der Waals surface area contributed by atoms with Gasteiger partial charge >= 0.3 is 13.6 Å². The van der Waals surface area contributed by atoms with Gasteiger partial charge in [0, 0.05) is 18.9 Å². The number of benzene rings is 1. The van der Waals surface area contributed by atoms with E-state index < -0.39 is 7.60 Å². The number of fused-ring (bicyclic) bond motifs is 1. The van der Waals surface area contributed by atoms with Crippen LogP contribution < -0.4 is 4.52 Å². The van der Waals surface area contributed by atoms with Gasteiger partial charge in [-0.25, -0.2) is 4.57 Å². The van der Waals surface area contributed by atoms with Gasteiger partial charge in [-0.15, -0.1) is 0 Å². The molecule has 0 saturated carbocycles. The number of carbonyl (C=O) groups is 1. The Balaban J connectivity index is 2.20. The van der Waals surface area contributed by atoms with Crippen LogP contribution in [0.1, 0.15) is 31.9 Å². The first-order chi connectivity index (χ1) is 9.42. The minimum atomic E-state index is -3.10. The summed E-state index contributed by atoms with van der Waals surface area (Å²) in [5, 5.41) is 0. The lowest BCUT2D eigenvalue weighted by molar-refractivity contribution is -0.140. The summed E-state index contributed by atoms with van der Waals surface area (Å²) in [5.41, 5.74) is 1.56. The van der Waals surface area contributed by atoms with Crippen molar-refractivity contribution in [2.24, 2.45) is 0 Å². The van der Waals surface area contributed by atoms with Gasteiger partial charge in [-0.2, -0.15) is 0 Å². The highest BCUT2D eigenvalue weighted by Crippen LogP contribution is 2.57. The third kappa shape index (κ3) is 3.22. The predicted molar refractivity (Wildman–Crippen MR) is 74.9 cm³/mol. The van der Waals surface area contributed by atoms with E-state index in [0.717, 1.165) is 11.1 Å². The number of hydrogen-bond donors (Lipinski definition) is 0. The molecule has 1 atom stereocenters.